The molecule has 0 aliphatic heterocycles. The maximum absolute atomic E-state index is 12.0. The van der Waals surface area contributed by atoms with Gasteiger partial charge >= 0.3 is 0 Å². The first-order valence-corrected chi connectivity index (χ1v) is 8.94. The summed E-state index contributed by atoms with van der Waals surface area (Å²) in [5, 5.41) is 0. The SMILES string of the molecule is CCN(CCNS(=O)(=O)N(CC)CC)c1cccc(C)c1. The average molecular weight is 313 g/mol. The lowest BCUT2D eigenvalue weighted by atomic mass is 10.2. The molecule has 0 fully saturated rings. The van der Waals surface area contributed by atoms with Crippen molar-refractivity contribution in [3.8, 4) is 0 Å². The molecule has 0 saturated carbocycles. The molecular weight excluding hydrogens is 286 g/mol. The van der Waals surface area contributed by atoms with E-state index in [1.807, 2.05) is 19.9 Å². The van der Waals surface area contributed by atoms with Crippen molar-refractivity contribution in [2.75, 3.05) is 37.6 Å². The van der Waals surface area contributed by atoms with Crippen molar-refractivity contribution in [3.05, 3.63) is 29.8 Å². The van der Waals surface area contributed by atoms with E-state index < -0.39 is 10.2 Å². The van der Waals surface area contributed by atoms with Crippen molar-refractivity contribution in [2.24, 2.45) is 0 Å². The van der Waals surface area contributed by atoms with Crippen LogP contribution in [-0.4, -0.2) is 45.4 Å². The normalized spacial score (nSPS) is 11.9. The lowest BCUT2D eigenvalue weighted by molar-refractivity contribution is 0.435. The highest BCUT2D eigenvalue weighted by atomic mass is 32.2. The van der Waals surface area contributed by atoms with Gasteiger partial charge in [-0.2, -0.15) is 12.7 Å². The lowest BCUT2D eigenvalue weighted by Crippen LogP contribution is -2.43. The van der Waals surface area contributed by atoms with Gasteiger partial charge in [-0.3, -0.25) is 0 Å². The van der Waals surface area contributed by atoms with E-state index in [-0.39, 0.29) is 0 Å². The predicted octanol–water partition coefficient (Wildman–Crippen LogP) is 2.00. The minimum Gasteiger partial charge on any atom is -0.370 e. The highest BCUT2D eigenvalue weighted by molar-refractivity contribution is 7.87. The summed E-state index contributed by atoms with van der Waals surface area (Å²) in [6.07, 6.45) is 0. The molecule has 0 radical (unpaired) electrons. The second-order valence-corrected chi connectivity index (χ2v) is 6.66. The Balaban J connectivity index is 2.61. The van der Waals surface area contributed by atoms with Gasteiger partial charge < -0.3 is 4.90 Å². The summed E-state index contributed by atoms with van der Waals surface area (Å²) in [5.74, 6) is 0. The van der Waals surface area contributed by atoms with Crippen LogP contribution < -0.4 is 9.62 Å². The molecule has 120 valence electrons. The van der Waals surface area contributed by atoms with E-state index in [2.05, 4.69) is 41.7 Å². The fraction of sp³-hybridized carbons (Fsp3) is 0.600. The van der Waals surface area contributed by atoms with Crippen molar-refractivity contribution in [2.45, 2.75) is 27.7 Å². The number of nitrogens with one attached hydrogen (secondary N) is 1. The number of hydrogen-bond donors (Lipinski definition) is 1. The summed E-state index contributed by atoms with van der Waals surface area (Å²) < 4.78 is 28.2. The number of nitrogens with zero attached hydrogens (tertiary/aromatic N) is 2. The molecule has 0 bridgehead atoms. The number of anilines is 1. The molecule has 0 aromatic heterocycles. The number of benzene rings is 1. The molecular formula is C15H27N3O2S. The van der Waals surface area contributed by atoms with E-state index in [0.717, 1.165) is 12.2 Å². The van der Waals surface area contributed by atoms with E-state index >= 15 is 0 Å². The Morgan fingerprint density at radius 2 is 1.76 bits per heavy atom. The Morgan fingerprint density at radius 3 is 2.29 bits per heavy atom. The van der Waals surface area contributed by atoms with Crippen LogP contribution in [0.5, 0.6) is 0 Å². The molecule has 1 N–H and O–H groups in total. The van der Waals surface area contributed by atoms with Gasteiger partial charge in [-0.15, -0.1) is 0 Å². The van der Waals surface area contributed by atoms with Crippen LogP contribution >= 0.6 is 0 Å². The summed E-state index contributed by atoms with van der Waals surface area (Å²) in [5.41, 5.74) is 2.33. The third kappa shape index (κ3) is 5.30. The summed E-state index contributed by atoms with van der Waals surface area (Å²) >= 11 is 0. The maximum Gasteiger partial charge on any atom is 0.279 e. The molecule has 21 heavy (non-hydrogen) atoms. The molecule has 0 unspecified atom stereocenters. The highest BCUT2D eigenvalue weighted by Crippen LogP contribution is 2.15. The topological polar surface area (TPSA) is 52.7 Å². The average Bonchev–Trinajstić information content (AvgIpc) is 2.44. The fourth-order valence-corrected chi connectivity index (χ4v) is 3.47. The Bertz CT molecular complexity index is 527. The molecule has 0 amide bonds. The zero-order valence-corrected chi connectivity index (χ0v) is 14.3. The van der Waals surface area contributed by atoms with E-state index in [0.29, 0.717) is 26.2 Å². The van der Waals surface area contributed by atoms with Gasteiger partial charge in [0.1, 0.15) is 0 Å². The molecule has 0 saturated heterocycles. The van der Waals surface area contributed by atoms with Gasteiger partial charge in [0.25, 0.3) is 10.2 Å². The highest BCUT2D eigenvalue weighted by Gasteiger charge is 2.17. The first kappa shape index (κ1) is 17.9. The van der Waals surface area contributed by atoms with Crippen LogP contribution in [0.3, 0.4) is 0 Å². The van der Waals surface area contributed by atoms with Gasteiger partial charge in [-0.1, -0.05) is 26.0 Å². The second kappa shape index (κ2) is 8.36. The Kier molecular flexibility index (Phi) is 7.14. The van der Waals surface area contributed by atoms with Crippen molar-refractivity contribution in [1.29, 1.82) is 0 Å². The van der Waals surface area contributed by atoms with E-state index in [1.165, 1.54) is 9.87 Å². The van der Waals surface area contributed by atoms with Crippen LogP contribution in [0, 0.1) is 6.92 Å². The minimum absolute atomic E-state index is 0.403. The minimum atomic E-state index is -3.36. The Morgan fingerprint density at radius 1 is 1.10 bits per heavy atom. The molecule has 0 aliphatic carbocycles. The second-order valence-electron chi connectivity index (χ2n) is 4.90. The van der Waals surface area contributed by atoms with Gasteiger partial charge in [-0.25, -0.2) is 4.72 Å². The molecule has 6 heteroatoms. The van der Waals surface area contributed by atoms with E-state index in [1.54, 1.807) is 0 Å². The third-order valence-corrected chi connectivity index (χ3v) is 5.23. The molecule has 0 heterocycles. The van der Waals surface area contributed by atoms with Gasteiger partial charge in [0.05, 0.1) is 0 Å². The Hall–Kier alpha value is -1.11. The van der Waals surface area contributed by atoms with Crippen LogP contribution in [0.2, 0.25) is 0 Å². The van der Waals surface area contributed by atoms with Crippen LogP contribution in [0.15, 0.2) is 24.3 Å². The maximum atomic E-state index is 12.0. The molecule has 5 nitrogen and oxygen atoms in total. The van der Waals surface area contributed by atoms with Gasteiger partial charge in [0.2, 0.25) is 0 Å². The quantitative estimate of drug-likeness (QED) is 0.758. The summed E-state index contributed by atoms with van der Waals surface area (Å²) in [6, 6.07) is 8.24. The standard InChI is InChI=1S/C15H27N3O2S/c1-5-17(15-10-8-9-14(4)13-15)12-11-16-21(19,20)18(6-2)7-3/h8-10,13,16H,5-7,11-12H2,1-4H3. The van der Waals surface area contributed by atoms with Crippen LogP contribution in [0.4, 0.5) is 5.69 Å². The zero-order valence-electron chi connectivity index (χ0n) is 13.5. The smallest absolute Gasteiger partial charge is 0.279 e. The van der Waals surface area contributed by atoms with Crippen LogP contribution in [0.25, 0.3) is 0 Å². The van der Waals surface area contributed by atoms with E-state index in [9.17, 15) is 8.42 Å². The first-order chi connectivity index (χ1) is 9.94. The molecule has 0 aliphatic rings. The monoisotopic (exact) mass is 313 g/mol. The summed E-state index contributed by atoms with van der Waals surface area (Å²) in [6.45, 7) is 10.7. The van der Waals surface area contributed by atoms with Crippen LogP contribution in [-0.2, 0) is 10.2 Å². The van der Waals surface area contributed by atoms with E-state index in [4.69, 9.17) is 0 Å². The summed E-state index contributed by atoms with van der Waals surface area (Å²) in [4.78, 5) is 2.16. The summed E-state index contributed by atoms with van der Waals surface area (Å²) in [7, 11) is -3.36. The van der Waals surface area contributed by atoms with Crippen molar-refractivity contribution < 1.29 is 8.42 Å². The van der Waals surface area contributed by atoms with Crippen molar-refractivity contribution >= 4 is 15.9 Å². The van der Waals surface area contributed by atoms with Gasteiger partial charge in [0.15, 0.2) is 0 Å². The third-order valence-electron chi connectivity index (χ3n) is 3.46. The van der Waals surface area contributed by atoms with Crippen molar-refractivity contribution in [1.82, 2.24) is 9.03 Å². The molecule has 1 aromatic rings. The number of hydrogen-bond acceptors (Lipinski definition) is 3. The zero-order chi connectivity index (χ0) is 15.9. The van der Waals surface area contributed by atoms with Gasteiger partial charge in [-0.05, 0) is 31.5 Å². The molecule has 1 rings (SSSR count). The van der Waals surface area contributed by atoms with Gasteiger partial charge in [0, 0.05) is 38.4 Å². The number of rotatable bonds is 9. The first-order valence-electron chi connectivity index (χ1n) is 7.50. The predicted molar refractivity (Wildman–Crippen MR) is 88.9 cm³/mol. The molecule has 1 aromatic carbocycles. The number of likely N-dealkylation sites (N-methyl/N-ethyl adjacent to an activating group) is 1. The largest absolute Gasteiger partial charge is 0.370 e. The lowest BCUT2D eigenvalue weighted by Gasteiger charge is -2.25. The van der Waals surface area contributed by atoms with Crippen LogP contribution in [0.1, 0.15) is 26.3 Å². The molecule has 0 spiro atoms. The molecule has 0 atom stereocenters. The van der Waals surface area contributed by atoms with Crippen molar-refractivity contribution in [3.63, 3.8) is 0 Å². The fourth-order valence-electron chi connectivity index (χ4n) is 2.26. The number of aryl methyl sites for hydroxylation is 1. The Labute approximate surface area is 129 Å².